The first kappa shape index (κ1) is 22.2. The molecule has 1 fully saturated rings. The van der Waals surface area contributed by atoms with Crippen LogP contribution in [0.2, 0.25) is 5.02 Å². The lowest BCUT2D eigenvalue weighted by Gasteiger charge is -2.40. The summed E-state index contributed by atoms with van der Waals surface area (Å²) in [6, 6.07) is 26.3. The van der Waals surface area contributed by atoms with Crippen LogP contribution in [0.15, 0.2) is 78.9 Å². The van der Waals surface area contributed by atoms with Crippen LogP contribution in [-0.2, 0) is 6.42 Å². The Morgan fingerprint density at radius 2 is 1.66 bits per heavy atom. The quantitative estimate of drug-likeness (QED) is 0.539. The fourth-order valence-corrected chi connectivity index (χ4v) is 4.54. The third-order valence-corrected chi connectivity index (χ3v) is 6.27. The van der Waals surface area contributed by atoms with E-state index in [0.717, 1.165) is 43.3 Å². The van der Waals surface area contributed by atoms with E-state index in [1.807, 2.05) is 36.4 Å². The maximum Gasteiger partial charge on any atom is 0.250 e. The number of nitrogens with one attached hydrogen (secondary N) is 1. The van der Waals surface area contributed by atoms with Crippen molar-refractivity contribution in [3.63, 3.8) is 0 Å². The van der Waals surface area contributed by atoms with Crippen LogP contribution in [0.3, 0.4) is 0 Å². The second-order valence-electron chi connectivity index (χ2n) is 8.14. The largest absolute Gasteiger partial charge is 0.383 e. The van der Waals surface area contributed by atoms with E-state index in [0.29, 0.717) is 12.1 Å². The van der Waals surface area contributed by atoms with Crippen LogP contribution in [0.1, 0.15) is 15.9 Å². The molecule has 32 heavy (non-hydrogen) atoms. The molecule has 1 aliphatic rings. The van der Waals surface area contributed by atoms with Gasteiger partial charge in [0.05, 0.1) is 5.56 Å². The van der Waals surface area contributed by atoms with E-state index < -0.39 is 5.91 Å². The number of nitrogens with zero attached hydrogens (tertiary/aromatic N) is 2. The third-order valence-electron chi connectivity index (χ3n) is 6.03. The fourth-order valence-electron chi connectivity index (χ4n) is 4.33. The molecule has 0 radical (unpaired) electrons. The topological polar surface area (TPSA) is 61.6 Å². The zero-order chi connectivity index (χ0) is 22.3. The Balaban J connectivity index is 1.47. The van der Waals surface area contributed by atoms with E-state index in [1.54, 1.807) is 6.07 Å². The van der Waals surface area contributed by atoms with Gasteiger partial charge in [-0.1, -0.05) is 54.1 Å². The maximum atomic E-state index is 11.8. The summed E-state index contributed by atoms with van der Waals surface area (Å²) >= 11 is 6.24. The number of halogens is 1. The molecule has 0 bridgehead atoms. The molecule has 0 aromatic heterocycles. The number of carbonyl (C=O) groups excluding carboxylic acids is 1. The van der Waals surface area contributed by atoms with Crippen molar-refractivity contribution >= 4 is 28.9 Å². The first-order valence-electron chi connectivity index (χ1n) is 11.0. The van der Waals surface area contributed by atoms with Crippen molar-refractivity contribution in [1.82, 2.24) is 4.90 Å². The van der Waals surface area contributed by atoms with Gasteiger partial charge in [0.1, 0.15) is 0 Å². The van der Waals surface area contributed by atoms with Gasteiger partial charge in [-0.15, -0.1) is 0 Å². The van der Waals surface area contributed by atoms with Crippen LogP contribution in [0.5, 0.6) is 0 Å². The molecule has 0 spiro atoms. The van der Waals surface area contributed by atoms with Gasteiger partial charge in [-0.2, -0.15) is 0 Å². The number of primary amides is 1. The smallest absolute Gasteiger partial charge is 0.250 e. The Hall–Kier alpha value is -3.02. The highest BCUT2D eigenvalue weighted by atomic mass is 35.5. The molecule has 6 heteroatoms. The van der Waals surface area contributed by atoms with Crippen molar-refractivity contribution in [3.8, 4) is 0 Å². The summed E-state index contributed by atoms with van der Waals surface area (Å²) in [5.74, 6) is -0.420. The molecule has 3 aromatic rings. The van der Waals surface area contributed by atoms with Crippen molar-refractivity contribution in [1.29, 1.82) is 0 Å². The predicted molar refractivity (Wildman–Crippen MR) is 133 cm³/mol. The Labute approximate surface area is 194 Å². The standard InChI is InChI=1S/C26H29ClN4O/c27-21-8-6-7-20(17-21)18-23(19-29-25-12-5-4-11-24(25)26(28)32)31-15-13-30(14-16-31)22-9-2-1-3-10-22/h1-12,17,23,29H,13-16,18-19H2,(H2,28,32). The number of hydrogen-bond donors (Lipinski definition) is 2. The minimum absolute atomic E-state index is 0.257. The van der Waals surface area contributed by atoms with Crippen LogP contribution >= 0.6 is 11.6 Å². The van der Waals surface area contributed by atoms with Gasteiger partial charge in [-0.05, 0) is 48.4 Å². The third kappa shape index (κ3) is 5.61. The van der Waals surface area contributed by atoms with E-state index in [2.05, 4.69) is 51.5 Å². The molecule has 1 saturated heterocycles. The molecule has 3 aromatic carbocycles. The van der Waals surface area contributed by atoms with Crippen LogP contribution in [-0.4, -0.2) is 49.6 Å². The molecular formula is C26H29ClN4O. The Morgan fingerprint density at radius 3 is 2.38 bits per heavy atom. The number of para-hydroxylation sites is 2. The lowest BCUT2D eigenvalue weighted by molar-refractivity contribution is 0.100. The molecule has 1 unspecified atom stereocenters. The van der Waals surface area contributed by atoms with Gasteiger partial charge in [-0.25, -0.2) is 0 Å². The zero-order valence-electron chi connectivity index (χ0n) is 18.1. The van der Waals surface area contributed by atoms with E-state index >= 15 is 0 Å². The average Bonchev–Trinajstić information content (AvgIpc) is 2.82. The number of benzene rings is 3. The normalized spacial score (nSPS) is 15.3. The number of rotatable bonds is 8. The maximum absolute atomic E-state index is 11.8. The SMILES string of the molecule is NC(=O)c1ccccc1NCC(Cc1cccc(Cl)c1)N1CCN(c2ccccc2)CC1. The number of amides is 1. The summed E-state index contributed by atoms with van der Waals surface area (Å²) in [4.78, 5) is 16.8. The summed E-state index contributed by atoms with van der Waals surface area (Å²) in [5, 5.41) is 4.23. The van der Waals surface area contributed by atoms with Crippen LogP contribution in [0.25, 0.3) is 0 Å². The Kier molecular flexibility index (Phi) is 7.30. The zero-order valence-corrected chi connectivity index (χ0v) is 18.8. The highest BCUT2D eigenvalue weighted by Crippen LogP contribution is 2.21. The van der Waals surface area contributed by atoms with Gasteiger partial charge >= 0.3 is 0 Å². The minimum atomic E-state index is -0.420. The highest BCUT2D eigenvalue weighted by Gasteiger charge is 2.24. The monoisotopic (exact) mass is 448 g/mol. The van der Waals surface area contributed by atoms with Crippen molar-refractivity contribution in [2.24, 2.45) is 5.73 Å². The summed E-state index contributed by atoms with van der Waals surface area (Å²) in [5.41, 5.74) is 9.34. The summed E-state index contributed by atoms with van der Waals surface area (Å²) in [7, 11) is 0. The van der Waals surface area contributed by atoms with Gasteiger partial charge in [0, 0.05) is 55.2 Å². The minimum Gasteiger partial charge on any atom is -0.383 e. The molecule has 1 heterocycles. The molecule has 3 N–H and O–H groups in total. The highest BCUT2D eigenvalue weighted by molar-refractivity contribution is 6.30. The molecule has 4 rings (SSSR count). The second-order valence-corrected chi connectivity index (χ2v) is 8.57. The van der Waals surface area contributed by atoms with Gasteiger partial charge in [0.15, 0.2) is 0 Å². The molecule has 1 aliphatic heterocycles. The predicted octanol–water partition coefficient (Wildman–Crippen LogP) is 4.28. The Morgan fingerprint density at radius 1 is 0.938 bits per heavy atom. The summed E-state index contributed by atoms with van der Waals surface area (Å²) in [6.45, 7) is 4.61. The van der Waals surface area contributed by atoms with Crippen molar-refractivity contribution in [2.45, 2.75) is 12.5 Å². The average molecular weight is 449 g/mol. The molecule has 5 nitrogen and oxygen atoms in total. The fraction of sp³-hybridized carbons (Fsp3) is 0.269. The van der Waals surface area contributed by atoms with Crippen LogP contribution < -0.4 is 16.0 Å². The van der Waals surface area contributed by atoms with E-state index in [4.69, 9.17) is 17.3 Å². The summed E-state index contributed by atoms with van der Waals surface area (Å²) in [6.07, 6.45) is 0.873. The lowest BCUT2D eigenvalue weighted by atomic mass is 10.0. The van der Waals surface area contributed by atoms with Crippen LogP contribution in [0.4, 0.5) is 11.4 Å². The van der Waals surface area contributed by atoms with E-state index in [-0.39, 0.29) is 6.04 Å². The first-order valence-corrected chi connectivity index (χ1v) is 11.4. The second kappa shape index (κ2) is 10.5. The number of piperazine rings is 1. The van der Waals surface area contributed by atoms with Crippen molar-refractivity contribution < 1.29 is 4.79 Å². The van der Waals surface area contributed by atoms with Gasteiger partial charge in [-0.3, -0.25) is 9.69 Å². The number of nitrogens with two attached hydrogens (primary N) is 1. The molecule has 1 amide bonds. The first-order chi connectivity index (χ1) is 15.6. The van der Waals surface area contributed by atoms with Crippen LogP contribution in [0, 0.1) is 0 Å². The number of anilines is 2. The van der Waals surface area contributed by atoms with E-state index in [9.17, 15) is 4.79 Å². The van der Waals surface area contributed by atoms with Crippen molar-refractivity contribution in [2.75, 3.05) is 42.9 Å². The molecule has 166 valence electrons. The van der Waals surface area contributed by atoms with Gasteiger partial charge in [0.2, 0.25) is 0 Å². The van der Waals surface area contributed by atoms with Gasteiger partial charge in [0.25, 0.3) is 5.91 Å². The molecule has 0 aliphatic carbocycles. The summed E-state index contributed by atoms with van der Waals surface area (Å²) < 4.78 is 0. The lowest BCUT2D eigenvalue weighted by Crippen LogP contribution is -2.53. The van der Waals surface area contributed by atoms with E-state index in [1.165, 1.54) is 11.3 Å². The molecule has 1 atom stereocenters. The Bertz CT molecular complexity index is 1030. The molecule has 0 saturated carbocycles. The number of hydrogen-bond acceptors (Lipinski definition) is 4. The molecular weight excluding hydrogens is 420 g/mol. The van der Waals surface area contributed by atoms with Gasteiger partial charge < -0.3 is 16.0 Å². The number of carbonyl (C=O) groups is 1. The van der Waals surface area contributed by atoms with Crippen molar-refractivity contribution in [3.05, 3.63) is 95.0 Å².